The highest BCUT2D eigenvalue weighted by molar-refractivity contribution is 5.94. The second-order valence-electron chi connectivity index (χ2n) is 5.79. The number of nitrogens with one attached hydrogen (secondary N) is 1. The number of aromatic nitrogens is 2. The normalized spacial score (nSPS) is 10.6. The zero-order valence-corrected chi connectivity index (χ0v) is 14.7. The summed E-state index contributed by atoms with van der Waals surface area (Å²) in [6.07, 6.45) is 0.833. The van der Waals surface area contributed by atoms with Gasteiger partial charge < -0.3 is 10.1 Å². The highest BCUT2D eigenvalue weighted by Gasteiger charge is 2.17. The van der Waals surface area contributed by atoms with Crippen molar-refractivity contribution in [1.82, 2.24) is 15.1 Å². The fourth-order valence-electron chi connectivity index (χ4n) is 2.57. The summed E-state index contributed by atoms with van der Waals surface area (Å²) < 4.78 is 20.0. The van der Waals surface area contributed by atoms with Gasteiger partial charge in [0.05, 0.1) is 18.5 Å². The SMILES string of the molecule is CCCNC(=O)c1cc(-c2cccc(OC)c2)nn1-c1ccc(F)cc1. The number of hydrogen-bond acceptors (Lipinski definition) is 3. The summed E-state index contributed by atoms with van der Waals surface area (Å²) in [5.74, 6) is 0.138. The lowest BCUT2D eigenvalue weighted by Gasteiger charge is -2.07. The Labute approximate surface area is 151 Å². The van der Waals surface area contributed by atoms with Gasteiger partial charge in [-0.3, -0.25) is 4.79 Å². The van der Waals surface area contributed by atoms with Gasteiger partial charge in [0.1, 0.15) is 17.3 Å². The van der Waals surface area contributed by atoms with E-state index < -0.39 is 0 Å². The van der Waals surface area contributed by atoms with E-state index in [-0.39, 0.29) is 11.7 Å². The first kappa shape index (κ1) is 17.7. The van der Waals surface area contributed by atoms with E-state index in [0.717, 1.165) is 12.0 Å². The van der Waals surface area contributed by atoms with Crippen LogP contribution in [0.5, 0.6) is 5.75 Å². The second-order valence-corrected chi connectivity index (χ2v) is 5.79. The molecule has 0 saturated heterocycles. The predicted molar refractivity (Wildman–Crippen MR) is 98.1 cm³/mol. The Balaban J connectivity index is 2.07. The number of carbonyl (C=O) groups excluding carboxylic acids is 1. The third-order valence-corrected chi connectivity index (χ3v) is 3.91. The molecule has 2 aromatic carbocycles. The van der Waals surface area contributed by atoms with E-state index in [1.165, 1.54) is 16.8 Å². The molecule has 0 bridgehead atoms. The fourth-order valence-corrected chi connectivity index (χ4v) is 2.57. The Morgan fingerprint density at radius 3 is 2.65 bits per heavy atom. The van der Waals surface area contributed by atoms with Crippen molar-refractivity contribution in [1.29, 1.82) is 0 Å². The second kappa shape index (κ2) is 7.82. The van der Waals surface area contributed by atoms with Gasteiger partial charge in [0.15, 0.2) is 0 Å². The number of ether oxygens (including phenoxy) is 1. The predicted octanol–water partition coefficient (Wildman–Crippen LogP) is 3.83. The maximum Gasteiger partial charge on any atom is 0.270 e. The maximum absolute atomic E-state index is 13.3. The number of nitrogens with zero attached hydrogens (tertiary/aromatic N) is 2. The van der Waals surface area contributed by atoms with Gasteiger partial charge in [-0.05, 0) is 48.9 Å². The van der Waals surface area contributed by atoms with Crippen LogP contribution in [-0.2, 0) is 0 Å². The van der Waals surface area contributed by atoms with Gasteiger partial charge in [-0.2, -0.15) is 5.10 Å². The molecule has 134 valence electrons. The zero-order chi connectivity index (χ0) is 18.5. The molecule has 1 amide bonds. The molecule has 5 nitrogen and oxygen atoms in total. The molecule has 0 fully saturated rings. The summed E-state index contributed by atoms with van der Waals surface area (Å²) in [5.41, 5.74) is 2.47. The Morgan fingerprint density at radius 1 is 1.19 bits per heavy atom. The summed E-state index contributed by atoms with van der Waals surface area (Å²) >= 11 is 0. The third-order valence-electron chi connectivity index (χ3n) is 3.91. The molecule has 1 heterocycles. The average molecular weight is 353 g/mol. The molecule has 0 spiro atoms. The first-order valence-corrected chi connectivity index (χ1v) is 8.41. The van der Waals surface area contributed by atoms with E-state index in [9.17, 15) is 9.18 Å². The molecule has 3 aromatic rings. The molecule has 0 radical (unpaired) electrons. The topological polar surface area (TPSA) is 56.1 Å². The number of rotatable bonds is 6. The Bertz CT molecular complexity index is 904. The van der Waals surface area contributed by atoms with E-state index >= 15 is 0 Å². The number of hydrogen-bond donors (Lipinski definition) is 1. The van der Waals surface area contributed by atoms with Gasteiger partial charge in [-0.25, -0.2) is 9.07 Å². The lowest BCUT2D eigenvalue weighted by Crippen LogP contribution is -2.26. The van der Waals surface area contributed by atoms with Crippen LogP contribution in [0.25, 0.3) is 16.9 Å². The Kier molecular flexibility index (Phi) is 5.31. The largest absolute Gasteiger partial charge is 0.497 e. The molecule has 1 N–H and O–H groups in total. The van der Waals surface area contributed by atoms with Gasteiger partial charge in [-0.15, -0.1) is 0 Å². The quantitative estimate of drug-likeness (QED) is 0.733. The van der Waals surface area contributed by atoms with Crippen LogP contribution in [0.3, 0.4) is 0 Å². The van der Waals surface area contributed by atoms with Crippen LogP contribution in [0.4, 0.5) is 4.39 Å². The van der Waals surface area contributed by atoms with Gasteiger partial charge in [0, 0.05) is 12.1 Å². The fraction of sp³-hybridized carbons (Fsp3) is 0.200. The standard InChI is InChI=1S/C20H20FN3O2/c1-3-11-22-20(25)19-13-18(14-5-4-6-17(12-14)26-2)23-24(19)16-9-7-15(21)8-10-16/h4-10,12-13H,3,11H2,1-2H3,(H,22,25). The van der Waals surface area contributed by atoms with Crippen LogP contribution < -0.4 is 10.1 Å². The van der Waals surface area contributed by atoms with Crippen LogP contribution >= 0.6 is 0 Å². The van der Waals surface area contributed by atoms with Gasteiger partial charge >= 0.3 is 0 Å². The van der Waals surface area contributed by atoms with Crippen molar-refractivity contribution in [2.75, 3.05) is 13.7 Å². The van der Waals surface area contributed by atoms with E-state index in [1.807, 2.05) is 31.2 Å². The number of carbonyl (C=O) groups is 1. The first-order chi connectivity index (χ1) is 12.6. The van der Waals surface area contributed by atoms with Crippen LogP contribution in [-0.4, -0.2) is 29.3 Å². The van der Waals surface area contributed by atoms with Gasteiger partial charge in [0.25, 0.3) is 5.91 Å². The lowest BCUT2D eigenvalue weighted by molar-refractivity contribution is 0.0946. The molecule has 26 heavy (non-hydrogen) atoms. The Hall–Kier alpha value is -3.15. The van der Waals surface area contributed by atoms with Crippen molar-refractivity contribution >= 4 is 5.91 Å². The smallest absolute Gasteiger partial charge is 0.270 e. The highest BCUT2D eigenvalue weighted by atomic mass is 19.1. The number of benzene rings is 2. The molecule has 1 aromatic heterocycles. The molecule has 0 aliphatic rings. The molecular weight excluding hydrogens is 333 g/mol. The molecule has 0 aliphatic carbocycles. The summed E-state index contributed by atoms with van der Waals surface area (Å²) in [4.78, 5) is 12.6. The van der Waals surface area contributed by atoms with Crippen LogP contribution in [0.2, 0.25) is 0 Å². The summed E-state index contributed by atoms with van der Waals surface area (Å²) in [6.45, 7) is 2.56. The summed E-state index contributed by atoms with van der Waals surface area (Å²) in [7, 11) is 1.60. The molecule has 0 aliphatic heterocycles. The minimum Gasteiger partial charge on any atom is -0.497 e. The number of halogens is 1. The molecule has 3 rings (SSSR count). The van der Waals surface area contributed by atoms with Crippen molar-refractivity contribution < 1.29 is 13.9 Å². The third kappa shape index (κ3) is 3.74. The average Bonchev–Trinajstić information content (AvgIpc) is 3.12. The van der Waals surface area contributed by atoms with Crippen molar-refractivity contribution in [3.63, 3.8) is 0 Å². The van der Waals surface area contributed by atoms with Crippen molar-refractivity contribution in [3.8, 4) is 22.7 Å². The monoisotopic (exact) mass is 353 g/mol. The number of methoxy groups -OCH3 is 1. The van der Waals surface area contributed by atoms with E-state index in [2.05, 4.69) is 10.4 Å². The van der Waals surface area contributed by atoms with Gasteiger partial charge in [0.2, 0.25) is 0 Å². The van der Waals surface area contributed by atoms with E-state index in [0.29, 0.717) is 29.4 Å². The lowest BCUT2D eigenvalue weighted by atomic mass is 10.1. The van der Waals surface area contributed by atoms with Crippen molar-refractivity contribution in [3.05, 3.63) is 66.1 Å². The minimum absolute atomic E-state index is 0.224. The van der Waals surface area contributed by atoms with Crippen LogP contribution in [0.15, 0.2) is 54.6 Å². The zero-order valence-electron chi connectivity index (χ0n) is 14.7. The van der Waals surface area contributed by atoms with Crippen molar-refractivity contribution in [2.45, 2.75) is 13.3 Å². The van der Waals surface area contributed by atoms with Crippen LogP contribution in [0.1, 0.15) is 23.8 Å². The van der Waals surface area contributed by atoms with Crippen LogP contribution in [0, 0.1) is 5.82 Å². The van der Waals surface area contributed by atoms with E-state index in [4.69, 9.17) is 4.74 Å². The highest BCUT2D eigenvalue weighted by Crippen LogP contribution is 2.25. The molecule has 6 heteroatoms. The first-order valence-electron chi connectivity index (χ1n) is 8.41. The minimum atomic E-state index is -0.342. The molecule has 0 unspecified atom stereocenters. The summed E-state index contributed by atoms with van der Waals surface area (Å²) in [5, 5.41) is 7.42. The number of amides is 1. The summed E-state index contributed by atoms with van der Waals surface area (Å²) in [6, 6.07) is 15.0. The molecular formula is C20H20FN3O2. The Morgan fingerprint density at radius 2 is 1.96 bits per heavy atom. The van der Waals surface area contributed by atoms with Crippen molar-refractivity contribution in [2.24, 2.45) is 0 Å². The molecule has 0 atom stereocenters. The molecule has 0 saturated carbocycles. The maximum atomic E-state index is 13.3. The van der Waals surface area contributed by atoms with E-state index in [1.54, 1.807) is 25.3 Å². The van der Waals surface area contributed by atoms with Gasteiger partial charge in [-0.1, -0.05) is 19.1 Å².